The molecule has 3 fully saturated rings. The Hall–Kier alpha value is -1.20. The Balaban J connectivity index is 1.81. The minimum Gasteiger partial charge on any atom is -0.469 e. The van der Waals surface area contributed by atoms with E-state index in [-0.39, 0.29) is 29.0 Å². The first-order valence-corrected chi connectivity index (χ1v) is 9.83. The van der Waals surface area contributed by atoms with Gasteiger partial charge in [0.2, 0.25) is 0 Å². The van der Waals surface area contributed by atoms with E-state index >= 15 is 0 Å². The zero-order valence-electron chi connectivity index (χ0n) is 16.4. The highest BCUT2D eigenvalue weighted by Gasteiger charge is 2.76. The second kappa shape index (κ2) is 5.20. The number of carbonyl (C=O) groups excluding carboxylic acids is 2. The lowest BCUT2D eigenvalue weighted by Crippen LogP contribution is -2.61. The van der Waals surface area contributed by atoms with Crippen LogP contribution in [0.4, 0.5) is 0 Å². The molecule has 1 N–H and O–H groups in total. The fourth-order valence-electron chi connectivity index (χ4n) is 6.63. The minimum atomic E-state index is -1.10. The van der Waals surface area contributed by atoms with Crippen LogP contribution in [0.5, 0.6) is 0 Å². The average molecular weight is 362 g/mol. The van der Waals surface area contributed by atoms with E-state index in [0.29, 0.717) is 6.42 Å². The molecular formula is C21H30O5. The van der Waals surface area contributed by atoms with Crippen molar-refractivity contribution in [1.29, 1.82) is 0 Å². The first-order valence-electron chi connectivity index (χ1n) is 9.83. The Morgan fingerprint density at radius 1 is 1.31 bits per heavy atom. The van der Waals surface area contributed by atoms with Crippen molar-refractivity contribution in [3.8, 4) is 0 Å². The fourth-order valence-corrected chi connectivity index (χ4v) is 6.63. The molecule has 4 aliphatic rings. The van der Waals surface area contributed by atoms with Crippen LogP contribution in [0.2, 0.25) is 0 Å². The van der Waals surface area contributed by atoms with E-state index in [2.05, 4.69) is 6.92 Å². The van der Waals surface area contributed by atoms with Crippen LogP contribution in [-0.4, -0.2) is 41.3 Å². The summed E-state index contributed by atoms with van der Waals surface area (Å²) in [4.78, 5) is 25.6. The maximum atomic E-state index is 13.0. The highest BCUT2D eigenvalue weighted by atomic mass is 16.6. The van der Waals surface area contributed by atoms with Crippen LogP contribution >= 0.6 is 0 Å². The first-order chi connectivity index (χ1) is 12.1. The van der Waals surface area contributed by atoms with Crippen molar-refractivity contribution < 1.29 is 24.2 Å². The van der Waals surface area contributed by atoms with Gasteiger partial charge in [-0.1, -0.05) is 27.2 Å². The molecule has 1 heterocycles. The van der Waals surface area contributed by atoms with Gasteiger partial charge in [0.15, 0.2) is 11.4 Å². The topological polar surface area (TPSA) is 76.1 Å². The third-order valence-corrected chi connectivity index (χ3v) is 8.08. The summed E-state index contributed by atoms with van der Waals surface area (Å²) in [7, 11) is 1.44. The standard InChI is InChI=1S/C21H30O5/c1-12(2)21-15(22)11-14-18(3)8-6-9-19(4,17(23)25-5)13(18)7-10-20(14,24)16(21)26-21/h11-13,16,24H,6-10H2,1-5H3. The number of esters is 1. The number of methoxy groups -OCH3 is 1. The maximum absolute atomic E-state index is 13.0. The SMILES string of the molecule is COC(=O)C1(C)CCCC2(C)C3=CC(=O)C4(C(C)C)OC4C3(O)CCC12. The molecule has 1 aliphatic heterocycles. The molecule has 5 nitrogen and oxygen atoms in total. The summed E-state index contributed by atoms with van der Waals surface area (Å²) < 4.78 is 11.0. The van der Waals surface area contributed by atoms with Crippen molar-refractivity contribution >= 4 is 11.8 Å². The summed E-state index contributed by atoms with van der Waals surface area (Å²) in [5.41, 5.74) is -2.14. The molecule has 0 amide bonds. The second-order valence-corrected chi connectivity index (χ2v) is 9.56. The zero-order valence-corrected chi connectivity index (χ0v) is 16.4. The molecule has 6 atom stereocenters. The maximum Gasteiger partial charge on any atom is 0.311 e. The molecule has 144 valence electrons. The van der Waals surface area contributed by atoms with Crippen molar-refractivity contribution in [2.45, 2.75) is 77.1 Å². The lowest BCUT2D eigenvalue weighted by atomic mass is 9.45. The molecule has 26 heavy (non-hydrogen) atoms. The van der Waals surface area contributed by atoms with E-state index < -0.39 is 22.7 Å². The van der Waals surface area contributed by atoms with Gasteiger partial charge >= 0.3 is 5.97 Å². The normalized spacial score (nSPS) is 49.7. The number of ether oxygens (including phenoxy) is 2. The van der Waals surface area contributed by atoms with Gasteiger partial charge in [0.25, 0.3) is 0 Å². The van der Waals surface area contributed by atoms with Gasteiger partial charge in [-0.05, 0) is 61.5 Å². The molecule has 0 aromatic carbocycles. The lowest BCUT2D eigenvalue weighted by Gasteiger charge is -2.59. The fraction of sp³-hybridized carbons (Fsp3) is 0.810. The number of carbonyl (C=O) groups is 2. The number of epoxide rings is 1. The number of ketones is 1. The third-order valence-electron chi connectivity index (χ3n) is 8.08. The van der Waals surface area contributed by atoms with Gasteiger partial charge < -0.3 is 14.6 Å². The molecule has 3 aliphatic carbocycles. The van der Waals surface area contributed by atoms with Crippen molar-refractivity contribution in [1.82, 2.24) is 0 Å². The summed E-state index contributed by atoms with van der Waals surface area (Å²) in [5, 5.41) is 11.6. The van der Waals surface area contributed by atoms with E-state index in [1.807, 2.05) is 20.8 Å². The Morgan fingerprint density at radius 3 is 2.62 bits per heavy atom. The third kappa shape index (κ3) is 1.89. The number of hydrogen-bond acceptors (Lipinski definition) is 5. The van der Waals surface area contributed by atoms with Crippen LogP contribution in [0.25, 0.3) is 0 Å². The van der Waals surface area contributed by atoms with Gasteiger partial charge in [-0.3, -0.25) is 9.59 Å². The molecule has 0 radical (unpaired) electrons. The van der Waals surface area contributed by atoms with Gasteiger partial charge in [0.1, 0.15) is 11.7 Å². The summed E-state index contributed by atoms with van der Waals surface area (Å²) in [6, 6.07) is 0. The van der Waals surface area contributed by atoms with E-state index in [1.165, 1.54) is 7.11 Å². The first kappa shape index (κ1) is 18.2. The highest BCUT2D eigenvalue weighted by molar-refractivity contribution is 6.03. The summed E-state index contributed by atoms with van der Waals surface area (Å²) in [5.74, 6) is -0.120. The van der Waals surface area contributed by atoms with Crippen LogP contribution in [0.15, 0.2) is 11.6 Å². The van der Waals surface area contributed by atoms with Gasteiger partial charge in [-0.25, -0.2) is 0 Å². The van der Waals surface area contributed by atoms with E-state index in [4.69, 9.17) is 9.47 Å². The number of rotatable bonds is 2. The summed E-state index contributed by atoms with van der Waals surface area (Å²) in [6.45, 7) is 8.05. The van der Waals surface area contributed by atoms with Crippen LogP contribution in [-0.2, 0) is 19.1 Å². The minimum absolute atomic E-state index is 0.0237. The van der Waals surface area contributed by atoms with Gasteiger partial charge in [0.05, 0.1) is 12.5 Å². The largest absolute Gasteiger partial charge is 0.469 e. The predicted molar refractivity (Wildman–Crippen MR) is 95.3 cm³/mol. The van der Waals surface area contributed by atoms with E-state index in [1.54, 1.807) is 6.08 Å². The average Bonchev–Trinajstić information content (AvgIpc) is 3.35. The summed E-state index contributed by atoms with van der Waals surface area (Å²) >= 11 is 0. The Labute approximate surface area is 155 Å². The lowest BCUT2D eigenvalue weighted by molar-refractivity contribution is -0.167. The van der Waals surface area contributed by atoms with Crippen molar-refractivity contribution in [3.63, 3.8) is 0 Å². The molecule has 0 bridgehead atoms. The van der Waals surface area contributed by atoms with Crippen LogP contribution in [0.3, 0.4) is 0 Å². The molecule has 0 aromatic rings. The number of aliphatic hydroxyl groups is 1. The van der Waals surface area contributed by atoms with Crippen LogP contribution in [0.1, 0.15) is 59.8 Å². The highest BCUT2D eigenvalue weighted by Crippen LogP contribution is 2.67. The smallest absolute Gasteiger partial charge is 0.311 e. The Bertz CT molecular complexity index is 711. The Morgan fingerprint density at radius 2 is 2.00 bits per heavy atom. The van der Waals surface area contributed by atoms with Gasteiger partial charge in [-0.2, -0.15) is 0 Å². The molecular weight excluding hydrogens is 332 g/mol. The van der Waals surface area contributed by atoms with Crippen LogP contribution < -0.4 is 0 Å². The molecule has 0 aromatic heterocycles. The molecule has 1 saturated heterocycles. The van der Waals surface area contributed by atoms with Crippen molar-refractivity contribution in [2.75, 3.05) is 7.11 Å². The molecule has 2 saturated carbocycles. The second-order valence-electron chi connectivity index (χ2n) is 9.56. The number of hydrogen-bond donors (Lipinski definition) is 1. The molecule has 5 heteroatoms. The zero-order chi connectivity index (χ0) is 19.1. The number of fused-ring (bicyclic) bond motifs is 5. The predicted octanol–water partition coefficient (Wildman–Crippen LogP) is 2.80. The Kier molecular flexibility index (Phi) is 3.63. The summed E-state index contributed by atoms with van der Waals surface area (Å²) in [6.07, 6.45) is 5.00. The van der Waals surface area contributed by atoms with Gasteiger partial charge in [0, 0.05) is 0 Å². The molecule has 6 unspecified atom stereocenters. The van der Waals surface area contributed by atoms with E-state index in [0.717, 1.165) is 31.3 Å². The van der Waals surface area contributed by atoms with Gasteiger partial charge in [-0.15, -0.1) is 0 Å². The monoisotopic (exact) mass is 362 g/mol. The van der Waals surface area contributed by atoms with E-state index in [9.17, 15) is 14.7 Å². The molecule has 0 spiro atoms. The quantitative estimate of drug-likeness (QED) is 0.604. The van der Waals surface area contributed by atoms with Crippen molar-refractivity contribution in [2.24, 2.45) is 22.7 Å². The van der Waals surface area contributed by atoms with Crippen molar-refractivity contribution in [3.05, 3.63) is 11.6 Å². The molecule has 4 rings (SSSR count). The van der Waals surface area contributed by atoms with Crippen LogP contribution in [0, 0.1) is 22.7 Å².